The van der Waals surface area contributed by atoms with Crippen LogP contribution >= 0.6 is 0 Å². The normalized spacial score (nSPS) is 17.0. The topological polar surface area (TPSA) is 68.5 Å². The van der Waals surface area contributed by atoms with Gasteiger partial charge in [-0.3, -0.25) is 9.48 Å². The van der Waals surface area contributed by atoms with E-state index in [2.05, 4.69) is 15.6 Å². The average Bonchev–Trinajstić information content (AvgIpc) is 3.17. The van der Waals surface area contributed by atoms with Crippen molar-refractivity contribution in [3.05, 3.63) is 48.0 Å². The molecule has 0 aliphatic carbocycles. The van der Waals surface area contributed by atoms with Gasteiger partial charge < -0.3 is 10.2 Å². The lowest BCUT2D eigenvalue weighted by Gasteiger charge is -2.07. The lowest BCUT2D eigenvalue weighted by molar-refractivity contribution is -0.125. The van der Waals surface area contributed by atoms with Crippen LogP contribution in [0.25, 0.3) is 0 Å². The molecule has 0 fully saturated rings. The first-order valence-electron chi connectivity index (χ1n) is 6.97. The molecule has 1 aromatic heterocycles. The minimum atomic E-state index is -0.690. The monoisotopic (exact) mass is 302 g/mol. The van der Waals surface area contributed by atoms with Gasteiger partial charge in [0.1, 0.15) is 5.82 Å². The lowest BCUT2D eigenvalue weighted by atomic mass is 10.0. The number of nitrogens with one attached hydrogen (secondary N) is 1. The van der Waals surface area contributed by atoms with Crippen molar-refractivity contribution in [2.45, 2.75) is 26.0 Å². The van der Waals surface area contributed by atoms with Crippen molar-refractivity contribution in [3.63, 3.8) is 0 Å². The van der Waals surface area contributed by atoms with Gasteiger partial charge in [-0.1, -0.05) is 17.3 Å². The second-order valence-electron chi connectivity index (χ2n) is 4.92. The molecule has 1 N–H and O–H groups in total. The molecule has 1 aromatic carbocycles. The minimum absolute atomic E-state index is 0.281. The van der Waals surface area contributed by atoms with E-state index in [4.69, 9.17) is 4.84 Å². The highest BCUT2D eigenvalue weighted by atomic mass is 19.1. The number of carbonyl (C=O) groups excluding carboxylic acids is 1. The van der Waals surface area contributed by atoms with Crippen molar-refractivity contribution < 1.29 is 14.0 Å². The third-order valence-electron chi connectivity index (χ3n) is 3.36. The van der Waals surface area contributed by atoms with Crippen molar-refractivity contribution in [1.29, 1.82) is 0 Å². The van der Waals surface area contributed by atoms with Crippen LogP contribution in [0.5, 0.6) is 0 Å². The summed E-state index contributed by atoms with van der Waals surface area (Å²) in [7, 11) is 0. The van der Waals surface area contributed by atoms with E-state index in [1.165, 1.54) is 12.1 Å². The van der Waals surface area contributed by atoms with Crippen LogP contribution in [0.3, 0.4) is 0 Å². The maximum absolute atomic E-state index is 12.9. The minimum Gasteiger partial charge on any atom is -0.382 e. The zero-order valence-corrected chi connectivity index (χ0v) is 12.0. The van der Waals surface area contributed by atoms with Crippen LogP contribution in [0, 0.1) is 5.82 Å². The zero-order valence-electron chi connectivity index (χ0n) is 12.0. The SMILES string of the molecule is CCn1cc(NC(=O)C2CC(c3ccc(F)cc3)=NO2)cn1. The summed E-state index contributed by atoms with van der Waals surface area (Å²) < 4.78 is 14.6. The van der Waals surface area contributed by atoms with Crippen molar-refractivity contribution in [1.82, 2.24) is 9.78 Å². The summed E-state index contributed by atoms with van der Waals surface area (Å²) in [5.74, 6) is -0.595. The van der Waals surface area contributed by atoms with Crippen LogP contribution in [0.1, 0.15) is 18.9 Å². The third kappa shape index (κ3) is 2.98. The van der Waals surface area contributed by atoms with Crippen LogP contribution in [0.2, 0.25) is 0 Å². The molecule has 1 atom stereocenters. The summed E-state index contributed by atoms with van der Waals surface area (Å²) >= 11 is 0. The van der Waals surface area contributed by atoms with E-state index in [1.54, 1.807) is 29.2 Å². The number of halogens is 1. The predicted molar refractivity (Wildman–Crippen MR) is 79.0 cm³/mol. The predicted octanol–water partition coefficient (Wildman–Crippen LogP) is 2.17. The molecular formula is C15H15FN4O2. The number of aromatic nitrogens is 2. The Hall–Kier alpha value is -2.70. The fourth-order valence-corrected chi connectivity index (χ4v) is 2.15. The summed E-state index contributed by atoms with van der Waals surface area (Å²) in [6, 6.07) is 5.93. The van der Waals surface area contributed by atoms with E-state index in [9.17, 15) is 9.18 Å². The highest BCUT2D eigenvalue weighted by Crippen LogP contribution is 2.18. The number of amides is 1. The molecule has 1 unspecified atom stereocenters. The first-order chi connectivity index (χ1) is 10.7. The second-order valence-corrected chi connectivity index (χ2v) is 4.92. The van der Waals surface area contributed by atoms with Gasteiger partial charge in [0.05, 0.1) is 17.6 Å². The number of nitrogens with zero attached hydrogens (tertiary/aromatic N) is 3. The Kier molecular flexibility index (Phi) is 3.86. The van der Waals surface area contributed by atoms with E-state index < -0.39 is 6.10 Å². The average molecular weight is 302 g/mol. The molecule has 1 amide bonds. The van der Waals surface area contributed by atoms with Crippen LogP contribution in [-0.2, 0) is 16.2 Å². The molecule has 2 heterocycles. The van der Waals surface area contributed by atoms with Crippen LogP contribution in [-0.4, -0.2) is 27.5 Å². The number of rotatable bonds is 4. The quantitative estimate of drug-likeness (QED) is 0.941. The van der Waals surface area contributed by atoms with E-state index in [1.807, 2.05) is 6.92 Å². The number of benzene rings is 1. The molecule has 22 heavy (non-hydrogen) atoms. The summed E-state index contributed by atoms with van der Waals surface area (Å²) in [5.41, 5.74) is 1.99. The van der Waals surface area contributed by atoms with E-state index in [0.29, 0.717) is 17.8 Å². The first kappa shape index (κ1) is 14.2. The number of hydrogen-bond acceptors (Lipinski definition) is 4. The van der Waals surface area contributed by atoms with Gasteiger partial charge >= 0.3 is 0 Å². The molecule has 0 saturated heterocycles. The summed E-state index contributed by atoms with van der Waals surface area (Å²) in [6.07, 6.45) is 2.98. The van der Waals surface area contributed by atoms with Gasteiger partial charge in [-0.15, -0.1) is 0 Å². The maximum atomic E-state index is 12.9. The molecule has 0 radical (unpaired) electrons. The van der Waals surface area contributed by atoms with Crippen LogP contribution < -0.4 is 5.32 Å². The number of aryl methyl sites for hydroxylation is 1. The summed E-state index contributed by atoms with van der Waals surface area (Å²) in [6.45, 7) is 2.69. The lowest BCUT2D eigenvalue weighted by Crippen LogP contribution is -2.27. The number of hydrogen-bond donors (Lipinski definition) is 1. The standard InChI is InChI=1S/C15H15FN4O2/c1-2-20-9-12(8-17-20)18-15(21)14-7-13(19-22-14)10-3-5-11(16)6-4-10/h3-6,8-9,14H,2,7H2,1H3,(H,18,21). The van der Waals surface area contributed by atoms with Gasteiger partial charge in [0.2, 0.25) is 6.10 Å². The van der Waals surface area contributed by atoms with E-state index in [0.717, 1.165) is 12.1 Å². The molecule has 6 nitrogen and oxygen atoms in total. The Balaban J connectivity index is 1.61. The molecular weight excluding hydrogens is 287 g/mol. The van der Waals surface area contributed by atoms with Crippen molar-refractivity contribution in [2.24, 2.45) is 5.16 Å². The molecule has 0 spiro atoms. The highest BCUT2D eigenvalue weighted by molar-refractivity contribution is 6.06. The molecule has 0 bridgehead atoms. The molecule has 2 aromatic rings. The molecule has 114 valence electrons. The number of oxime groups is 1. The van der Waals surface area contributed by atoms with Gasteiger partial charge in [0.15, 0.2) is 0 Å². The summed E-state index contributed by atoms with van der Waals surface area (Å²) in [4.78, 5) is 17.3. The number of carbonyl (C=O) groups is 1. The molecule has 1 aliphatic rings. The van der Waals surface area contributed by atoms with Crippen LogP contribution in [0.15, 0.2) is 41.8 Å². The second kappa shape index (κ2) is 5.97. The fourth-order valence-electron chi connectivity index (χ4n) is 2.15. The molecule has 1 aliphatic heterocycles. The highest BCUT2D eigenvalue weighted by Gasteiger charge is 2.29. The van der Waals surface area contributed by atoms with E-state index in [-0.39, 0.29) is 11.7 Å². The van der Waals surface area contributed by atoms with Crippen molar-refractivity contribution in [3.8, 4) is 0 Å². The Bertz CT molecular complexity index is 709. The van der Waals surface area contributed by atoms with Gasteiger partial charge in [-0.05, 0) is 24.6 Å². The van der Waals surface area contributed by atoms with Crippen molar-refractivity contribution in [2.75, 3.05) is 5.32 Å². The smallest absolute Gasteiger partial charge is 0.268 e. The summed E-state index contributed by atoms with van der Waals surface area (Å²) in [5, 5.41) is 10.7. The third-order valence-corrected chi connectivity index (χ3v) is 3.36. The molecule has 7 heteroatoms. The molecule has 0 saturated carbocycles. The fraction of sp³-hybridized carbons (Fsp3) is 0.267. The van der Waals surface area contributed by atoms with Gasteiger partial charge in [0.25, 0.3) is 5.91 Å². The Morgan fingerprint density at radius 3 is 2.91 bits per heavy atom. The van der Waals surface area contributed by atoms with Gasteiger partial charge in [-0.2, -0.15) is 5.10 Å². The van der Waals surface area contributed by atoms with Gasteiger partial charge in [-0.25, -0.2) is 4.39 Å². The Morgan fingerprint density at radius 1 is 1.45 bits per heavy atom. The Morgan fingerprint density at radius 2 is 2.23 bits per heavy atom. The van der Waals surface area contributed by atoms with Crippen LogP contribution in [0.4, 0.5) is 10.1 Å². The van der Waals surface area contributed by atoms with E-state index >= 15 is 0 Å². The van der Waals surface area contributed by atoms with Gasteiger partial charge in [0, 0.05) is 19.2 Å². The maximum Gasteiger partial charge on any atom is 0.268 e. The first-order valence-corrected chi connectivity index (χ1v) is 6.97. The number of anilines is 1. The Labute approximate surface area is 126 Å². The van der Waals surface area contributed by atoms with Crippen molar-refractivity contribution >= 4 is 17.3 Å². The zero-order chi connectivity index (χ0) is 15.5. The molecule has 3 rings (SSSR count). The largest absolute Gasteiger partial charge is 0.382 e.